The average Bonchev–Trinajstić information content (AvgIpc) is 2.55. The molecule has 0 unspecified atom stereocenters. The molecule has 1 amide bonds. The fraction of sp³-hybridized carbons (Fsp3) is 0.556. The Morgan fingerprint density at radius 3 is 2.31 bits per heavy atom. The van der Waals surface area contributed by atoms with Crippen LogP contribution in [0.15, 0.2) is 30.3 Å². The van der Waals surface area contributed by atoms with E-state index in [-0.39, 0.29) is 13.0 Å². The number of benzene rings is 1. The summed E-state index contributed by atoms with van der Waals surface area (Å²) in [7, 11) is -2.65. The van der Waals surface area contributed by atoms with Crippen LogP contribution in [-0.2, 0) is 16.1 Å². The number of halogens is 1. The second-order valence-corrected chi connectivity index (χ2v) is 12.1. The van der Waals surface area contributed by atoms with Crippen LogP contribution in [0.25, 0.3) is 0 Å². The van der Waals surface area contributed by atoms with Crippen molar-refractivity contribution in [2.45, 2.75) is 51.0 Å². The van der Waals surface area contributed by atoms with Gasteiger partial charge in [0.05, 0.1) is 6.67 Å². The van der Waals surface area contributed by atoms with Gasteiger partial charge in [0, 0.05) is 5.92 Å². The Kier molecular flexibility index (Phi) is 7.77. The van der Waals surface area contributed by atoms with Gasteiger partial charge in [-0.15, -0.1) is 0 Å². The molecule has 1 rings (SSSR count). The summed E-state index contributed by atoms with van der Waals surface area (Å²) in [4.78, 5) is 33.9. The number of amides is 1. The van der Waals surface area contributed by atoms with Gasteiger partial charge >= 0.3 is 12.1 Å². The summed E-state index contributed by atoms with van der Waals surface area (Å²) in [5.41, 5.74) is 0.755. The molecule has 0 radical (unpaired) electrons. The lowest BCUT2D eigenvalue weighted by Crippen LogP contribution is -2.49. The van der Waals surface area contributed by atoms with Crippen LogP contribution in [-0.4, -0.2) is 43.0 Å². The molecule has 26 heavy (non-hydrogen) atoms. The van der Waals surface area contributed by atoms with Gasteiger partial charge in [-0.3, -0.25) is 4.39 Å². The maximum absolute atomic E-state index is 13.6. The SMILES string of the molecule is CC(C)(C[C@H](CF)[C@H](NC(=O)OCc1ccccc1)C(=O)O)[Si](C)(C)O. The predicted molar refractivity (Wildman–Crippen MR) is 99.0 cm³/mol. The highest BCUT2D eigenvalue weighted by molar-refractivity contribution is 6.72. The predicted octanol–water partition coefficient (Wildman–Crippen LogP) is 3.32. The van der Waals surface area contributed by atoms with Gasteiger partial charge in [-0.25, -0.2) is 9.59 Å². The van der Waals surface area contributed by atoms with Crippen molar-refractivity contribution >= 4 is 20.4 Å². The lowest BCUT2D eigenvalue weighted by Gasteiger charge is -2.38. The van der Waals surface area contributed by atoms with E-state index in [9.17, 15) is 23.9 Å². The van der Waals surface area contributed by atoms with E-state index < -0.39 is 44.1 Å². The van der Waals surface area contributed by atoms with Crippen LogP contribution >= 0.6 is 0 Å². The Bertz CT molecular complexity index is 603. The Balaban J connectivity index is 2.76. The second-order valence-electron chi connectivity index (χ2n) is 7.58. The van der Waals surface area contributed by atoms with E-state index in [1.165, 1.54) is 0 Å². The third-order valence-corrected chi connectivity index (χ3v) is 8.37. The van der Waals surface area contributed by atoms with Crippen molar-refractivity contribution in [3.8, 4) is 0 Å². The number of carbonyl (C=O) groups is 2. The van der Waals surface area contributed by atoms with E-state index in [2.05, 4.69) is 5.32 Å². The lowest BCUT2D eigenvalue weighted by atomic mass is 9.90. The number of hydrogen-bond acceptors (Lipinski definition) is 4. The summed E-state index contributed by atoms with van der Waals surface area (Å²) in [6.45, 7) is 6.08. The van der Waals surface area contributed by atoms with Gasteiger partial charge in [0.15, 0.2) is 8.32 Å². The highest BCUT2D eigenvalue weighted by Crippen LogP contribution is 2.42. The van der Waals surface area contributed by atoms with Crippen LogP contribution < -0.4 is 5.32 Å². The molecule has 0 aliphatic carbocycles. The molecule has 1 aromatic rings. The first-order chi connectivity index (χ1) is 12.0. The van der Waals surface area contributed by atoms with Gasteiger partial charge in [0.25, 0.3) is 0 Å². The van der Waals surface area contributed by atoms with Crippen LogP contribution in [0.3, 0.4) is 0 Å². The fourth-order valence-corrected chi connectivity index (χ4v) is 3.20. The molecule has 146 valence electrons. The number of aliphatic carboxylic acids is 1. The summed E-state index contributed by atoms with van der Waals surface area (Å²) in [6.07, 6.45) is -0.784. The zero-order valence-corrected chi connectivity index (χ0v) is 16.7. The minimum absolute atomic E-state index is 0.0125. The molecule has 0 spiro atoms. The fourth-order valence-electron chi connectivity index (χ4n) is 2.44. The highest BCUT2D eigenvalue weighted by atomic mass is 28.4. The number of carboxylic acid groups (broad SMARTS) is 1. The van der Waals surface area contributed by atoms with Crippen LogP contribution in [0, 0.1) is 5.92 Å². The van der Waals surface area contributed by atoms with Crippen molar-refractivity contribution in [3.05, 3.63) is 35.9 Å². The molecule has 0 aliphatic heterocycles. The Labute approximate surface area is 154 Å². The third-order valence-electron chi connectivity index (χ3n) is 4.85. The van der Waals surface area contributed by atoms with Crippen LogP contribution in [0.5, 0.6) is 0 Å². The molecule has 2 atom stereocenters. The molecule has 6 nitrogen and oxygen atoms in total. The smallest absolute Gasteiger partial charge is 0.408 e. The minimum Gasteiger partial charge on any atom is -0.480 e. The van der Waals surface area contributed by atoms with E-state index in [4.69, 9.17) is 4.74 Å². The summed E-state index contributed by atoms with van der Waals surface area (Å²) in [6, 6.07) is 7.50. The molecule has 1 aromatic carbocycles. The third kappa shape index (κ3) is 6.42. The number of nitrogens with one attached hydrogen (secondary N) is 1. The number of alkyl carbamates (subject to hydrolysis) is 1. The van der Waals surface area contributed by atoms with Crippen LogP contribution in [0.1, 0.15) is 25.8 Å². The summed E-state index contributed by atoms with van der Waals surface area (Å²) in [5.74, 6) is -2.30. The van der Waals surface area contributed by atoms with Crippen molar-refractivity contribution in [1.29, 1.82) is 0 Å². The topological polar surface area (TPSA) is 95.9 Å². The number of ether oxygens (including phenoxy) is 1. The Morgan fingerprint density at radius 2 is 1.85 bits per heavy atom. The van der Waals surface area contributed by atoms with E-state index in [1.807, 2.05) is 6.07 Å². The Hall–Kier alpha value is -1.93. The molecule has 0 aliphatic rings. The molecule has 3 N–H and O–H groups in total. The largest absolute Gasteiger partial charge is 0.480 e. The summed E-state index contributed by atoms with van der Waals surface area (Å²) < 4.78 is 18.6. The second kappa shape index (κ2) is 9.13. The van der Waals surface area contributed by atoms with Crippen molar-refractivity contribution in [3.63, 3.8) is 0 Å². The molecule has 0 heterocycles. The van der Waals surface area contributed by atoms with Gasteiger partial charge in [0.2, 0.25) is 0 Å². The first-order valence-corrected chi connectivity index (χ1v) is 11.4. The number of carbonyl (C=O) groups excluding carboxylic acids is 1. The average molecular weight is 386 g/mol. The van der Waals surface area contributed by atoms with E-state index in [0.29, 0.717) is 0 Å². The van der Waals surface area contributed by atoms with Crippen molar-refractivity contribution < 1.29 is 28.6 Å². The van der Waals surface area contributed by atoms with E-state index in [1.54, 1.807) is 51.2 Å². The number of hydrogen-bond donors (Lipinski definition) is 3. The summed E-state index contributed by atoms with van der Waals surface area (Å²) >= 11 is 0. The lowest BCUT2D eigenvalue weighted by molar-refractivity contribution is -0.141. The number of rotatable bonds is 9. The summed E-state index contributed by atoms with van der Waals surface area (Å²) in [5, 5.41) is 11.0. The molecule has 0 fully saturated rings. The highest BCUT2D eigenvalue weighted by Gasteiger charge is 2.43. The van der Waals surface area contributed by atoms with Crippen molar-refractivity contribution in [2.24, 2.45) is 5.92 Å². The van der Waals surface area contributed by atoms with Crippen molar-refractivity contribution in [1.82, 2.24) is 5.32 Å². The molecule has 0 saturated carbocycles. The standard InChI is InChI=1S/C18H28FNO5Si/c1-18(2,26(3,4)24)10-14(11-19)15(16(21)22)20-17(23)25-12-13-8-6-5-7-9-13/h5-9,14-15,24H,10-12H2,1-4H3,(H,20,23)(H,21,22)/t14-,15+/m1/s1. The van der Waals surface area contributed by atoms with E-state index in [0.717, 1.165) is 5.56 Å². The number of carboxylic acids is 1. The van der Waals surface area contributed by atoms with Gasteiger partial charge in [0.1, 0.15) is 12.6 Å². The normalized spacial score (nSPS) is 14.4. The molecular formula is C18H28FNO5Si. The van der Waals surface area contributed by atoms with Crippen molar-refractivity contribution in [2.75, 3.05) is 6.67 Å². The molecule has 8 heteroatoms. The number of alkyl halides is 1. The molecule has 0 bridgehead atoms. The van der Waals surface area contributed by atoms with Gasteiger partial charge in [-0.05, 0) is 30.1 Å². The Morgan fingerprint density at radius 1 is 1.27 bits per heavy atom. The quantitative estimate of drug-likeness (QED) is 0.567. The first kappa shape index (κ1) is 22.1. The van der Waals surface area contributed by atoms with Gasteiger partial charge < -0.3 is 20.0 Å². The molecule has 0 saturated heterocycles. The molecular weight excluding hydrogens is 357 g/mol. The van der Waals surface area contributed by atoms with Gasteiger partial charge in [-0.2, -0.15) is 0 Å². The van der Waals surface area contributed by atoms with Crippen LogP contribution in [0.4, 0.5) is 9.18 Å². The zero-order chi connectivity index (χ0) is 20.0. The monoisotopic (exact) mass is 385 g/mol. The zero-order valence-electron chi connectivity index (χ0n) is 15.7. The van der Waals surface area contributed by atoms with Crippen LogP contribution in [0.2, 0.25) is 18.1 Å². The maximum Gasteiger partial charge on any atom is 0.408 e. The van der Waals surface area contributed by atoms with E-state index >= 15 is 0 Å². The maximum atomic E-state index is 13.6. The molecule has 0 aromatic heterocycles. The minimum atomic E-state index is -2.65. The van der Waals surface area contributed by atoms with Gasteiger partial charge in [-0.1, -0.05) is 44.2 Å². The first-order valence-electron chi connectivity index (χ1n) is 8.46.